The zero-order valence-corrected chi connectivity index (χ0v) is 9.88. The van der Waals surface area contributed by atoms with Gasteiger partial charge in [-0.15, -0.1) is 0 Å². The number of aromatic nitrogens is 2. The molecular weight excluding hydrogens is 240 g/mol. The van der Waals surface area contributed by atoms with Crippen LogP contribution < -0.4 is 11.2 Å². The highest BCUT2D eigenvalue weighted by atomic mass is 16.6. The van der Waals surface area contributed by atoms with Crippen molar-refractivity contribution >= 4 is 0 Å². The summed E-state index contributed by atoms with van der Waals surface area (Å²) >= 11 is 0. The van der Waals surface area contributed by atoms with Gasteiger partial charge in [0.25, 0.3) is 5.56 Å². The summed E-state index contributed by atoms with van der Waals surface area (Å²) in [6.45, 7) is 1.74. The van der Waals surface area contributed by atoms with Crippen molar-refractivity contribution < 1.29 is 14.6 Å². The first-order valence-electron chi connectivity index (χ1n) is 5.78. The fraction of sp³-hybridized carbons (Fsp3) is 0.636. The molecule has 1 aromatic heterocycles. The van der Waals surface area contributed by atoms with Crippen LogP contribution in [0.4, 0.5) is 0 Å². The van der Waals surface area contributed by atoms with Gasteiger partial charge in [-0.1, -0.05) is 0 Å². The van der Waals surface area contributed by atoms with Gasteiger partial charge in [0.1, 0.15) is 11.8 Å². The number of hydrogen-bond acceptors (Lipinski definition) is 5. The predicted molar refractivity (Wildman–Crippen MR) is 60.4 cm³/mol. The fourth-order valence-electron chi connectivity index (χ4n) is 2.47. The van der Waals surface area contributed by atoms with Gasteiger partial charge in [-0.25, -0.2) is 9.36 Å². The van der Waals surface area contributed by atoms with Gasteiger partial charge in [0.15, 0.2) is 0 Å². The molecule has 3 rings (SSSR count). The second-order valence-corrected chi connectivity index (χ2v) is 4.78. The summed E-state index contributed by atoms with van der Waals surface area (Å²) in [5, 5.41) is 9.33. The summed E-state index contributed by atoms with van der Waals surface area (Å²) in [6.07, 6.45) is 0.843. The standard InChI is InChI=1S/C11H14N2O5/c1-6-3-12-10(16)13(9(6)15)8-2-7-11(4-14,18-8)5-17-7/h3,7-8,14H,2,4-5H2,1H3,(H,12,16)/t7?,8-,11+/m1/s1. The van der Waals surface area contributed by atoms with E-state index in [1.807, 2.05) is 0 Å². The molecule has 3 atom stereocenters. The molecule has 7 heteroatoms. The molecule has 0 saturated carbocycles. The lowest BCUT2D eigenvalue weighted by Gasteiger charge is -2.41. The van der Waals surface area contributed by atoms with Crippen LogP contribution >= 0.6 is 0 Å². The molecule has 98 valence electrons. The molecule has 0 radical (unpaired) electrons. The number of ether oxygens (including phenoxy) is 2. The Morgan fingerprint density at radius 3 is 2.94 bits per heavy atom. The van der Waals surface area contributed by atoms with Crippen molar-refractivity contribution in [1.82, 2.24) is 9.55 Å². The Morgan fingerprint density at radius 2 is 2.39 bits per heavy atom. The Hall–Kier alpha value is -1.44. The number of aryl methyl sites for hydroxylation is 1. The monoisotopic (exact) mass is 254 g/mol. The fourth-order valence-corrected chi connectivity index (χ4v) is 2.47. The second kappa shape index (κ2) is 3.78. The number of hydrogen-bond donors (Lipinski definition) is 2. The first-order chi connectivity index (χ1) is 8.57. The molecule has 2 saturated heterocycles. The van der Waals surface area contributed by atoms with Gasteiger partial charge in [-0.05, 0) is 6.92 Å². The van der Waals surface area contributed by atoms with E-state index in [9.17, 15) is 14.7 Å². The van der Waals surface area contributed by atoms with Crippen LogP contribution in [0.15, 0.2) is 15.8 Å². The summed E-state index contributed by atoms with van der Waals surface area (Å²) < 4.78 is 12.0. The number of aliphatic hydroxyl groups is 1. The molecule has 2 aliphatic heterocycles. The van der Waals surface area contributed by atoms with E-state index in [4.69, 9.17) is 9.47 Å². The Balaban J connectivity index is 2.01. The summed E-state index contributed by atoms with van der Waals surface area (Å²) in [4.78, 5) is 26.2. The highest BCUT2D eigenvalue weighted by Gasteiger charge is 2.57. The maximum absolute atomic E-state index is 12.0. The van der Waals surface area contributed by atoms with E-state index in [2.05, 4.69) is 4.98 Å². The molecule has 18 heavy (non-hydrogen) atoms. The third-order valence-electron chi connectivity index (χ3n) is 3.64. The van der Waals surface area contributed by atoms with Gasteiger partial charge in [0, 0.05) is 18.2 Å². The molecule has 2 N–H and O–H groups in total. The lowest BCUT2D eigenvalue weighted by Crippen LogP contribution is -2.58. The van der Waals surface area contributed by atoms with Gasteiger partial charge >= 0.3 is 5.69 Å². The molecule has 0 spiro atoms. The maximum Gasteiger partial charge on any atom is 0.330 e. The molecule has 1 aromatic rings. The van der Waals surface area contributed by atoms with Crippen LogP contribution in [-0.2, 0) is 9.47 Å². The molecule has 0 aromatic carbocycles. The van der Waals surface area contributed by atoms with Crippen molar-refractivity contribution in [2.24, 2.45) is 0 Å². The van der Waals surface area contributed by atoms with Crippen LogP contribution in [0.25, 0.3) is 0 Å². The van der Waals surface area contributed by atoms with E-state index in [0.717, 1.165) is 4.57 Å². The molecule has 0 bridgehead atoms. The normalized spacial score (nSPS) is 34.1. The van der Waals surface area contributed by atoms with E-state index in [-0.39, 0.29) is 18.3 Å². The van der Waals surface area contributed by atoms with E-state index >= 15 is 0 Å². The van der Waals surface area contributed by atoms with Gasteiger partial charge in [-0.2, -0.15) is 0 Å². The molecule has 0 amide bonds. The van der Waals surface area contributed by atoms with Crippen LogP contribution in [-0.4, -0.2) is 39.6 Å². The maximum atomic E-state index is 12.0. The van der Waals surface area contributed by atoms with E-state index in [0.29, 0.717) is 18.6 Å². The first-order valence-corrected chi connectivity index (χ1v) is 5.78. The molecule has 2 aliphatic rings. The van der Waals surface area contributed by atoms with E-state index < -0.39 is 17.5 Å². The number of H-pyrrole nitrogens is 1. The SMILES string of the molecule is Cc1c[nH]c(=O)n([C@H]2CC3OC[C@]3(CO)O2)c1=O. The van der Waals surface area contributed by atoms with Crippen molar-refractivity contribution in [1.29, 1.82) is 0 Å². The second-order valence-electron chi connectivity index (χ2n) is 4.78. The topological polar surface area (TPSA) is 93.6 Å². The lowest BCUT2D eigenvalue weighted by molar-refractivity contribution is -0.242. The van der Waals surface area contributed by atoms with Gasteiger partial charge in [0.05, 0.1) is 19.3 Å². The van der Waals surface area contributed by atoms with Crippen LogP contribution in [0.3, 0.4) is 0 Å². The number of rotatable bonds is 2. The van der Waals surface area contributed by atoms with Crippen molar-refractivity contribution in [3.63, 3.8) is 0 Å². The van der Waals surface area contributed by atoms with Crippen molar-refractivity contribution in [2.75, 3.05) is 13.2 Å². The van der Waals surface area contributed by atoms with E-state index in [1.54, 1.807) is 6.92 Å². The van der Waals surface area contributed by atoms with Crippen molar-refractivity contribution in [3.05, 3.63) is 32.6 Å². The largest absolute Gasteiger partial charge is 0.393 e. The minimum atomic E-state index is -0.750. The Kier molecular flexibility index (Phi) is 2.44. The molecule has 2 fully saturated rings. The van der Waals surface area contributed by atoms with Crippen molar-refractivity contribution in [2.45, 2.75) is 31.3 Å². The molecule has 1 unspecified atom stereocenters. The van der Waals surface area contributed by atoms with Crippen LogP contribution in [0.1, 0.15) is 18.2 Å². The van der Waals surface area contributed by atoms with Gasteiger partial charge in [0.2, 0.25) is 0 Å². The van der Waals surface area contributed by atoms with Crippen LogP contribution in [0.2, 0.25) is 0 Å². The Morgan fingerprint density at radius 1 is 1.61 bits per heavy atom. The summed E-state index contributed by atoms with van der Waals surface area (Å²) in [5.74, 6) is 0. The number of aromatic amines is 1. The molecule has 0 aliphatic carbocycles. The predicted octanol–water partition coefficient (Wildman–Crippen LogP) is -1.11. The molecule has 3 heterocycles. The lowest BCUT2D eigenvalue weighted by atomic mass is 9.93. The van der Waals surface area contributed by atoms with Crippen molar-refractivity contribution in [3.8, 4) is 0 Å². The summed E-state index contributed by atoms with van der Waals surface area (Å²) in [6, 6.07) is 0. The molecule has 7 nitrogen and oxygen atoms in total. The zero-order valence-electron chi connectivity index (χ0n) is 9.88. The quantitative estimate of drug-likeness (QED) is 0.698. The number of aliphatic hydroxyl groups excluding tert-OH is 1. The minimum absolute atomic E-state index is 0.174. The highest BCUT2D eigenvalue weighted by molar-refractivity contribution is 5.06. The zero-order chi connectivity index (χ0) is 12.9. The summed E-state index contributed by atoms with van der Waals surface area (Å²) in [5.41, 5.74) is -1.19. The van der Waals surface area contributed by atoms with Gasteiger partial charge < -0.3 is 19.6 Å². The number of nitrogens with zero attached hydrogens (tertiary/aromatic N) is 1. The molecular formula is C11H14N2O5. The Bertz CT molecular complexity index is 588. The van der Waals surface area contributed by atoms with E-state index in [1.165, 1.54) is 6.20 Å². The average molecular weight is 254 g/mol. The number of nitrogens with one attached hydrogen (secondary N) is 1. The Labute approximate surface area is 102 Å². The smallest absolute Gasteiger partial charge is 0.330 e. The van der Waals surface area contributed by atoms with Crippen LogP contribution in [0, 0.1) is 6.92 Å². The average Bonchev–Trinajstić information content (AvgIpc) is 2.58. The first kappa shape index (κ1) is 11.6. The summed E-state index contributed by atoms with van der Waals surface area (Å²) in [7, 11) is 0. The highest BCUT2D eigenvalue weighted by Crippen LogP contribution is 2.44. The number of fused-ring (bicyclic) bond motifs is 1. The third kappa shape index (κ3) is 1.41. The third-order valence-corrected chi connectivity index (χ3v) is 3.64. The van der Waals surface area contributed by atoms with Gasteiger partial charge in [-0.3, -0.25) is 4.79 Å². The minimum Gasteiger partial charge on any atom is -0.393 e. The van der Waals surface area contributed by atoms with Crippen LogP contribution in [0.5, 0.6) is 0 Å².